The van der Waals surface area contributed by atoms with Crippen LogP contribution in [0.15, 0.2) is 30.6 Å². The quantitative estimate of drug-likeness (QED) is 0.613. The molecule has 3 rings (SSSR count). The number of benzene rings is 1. The normalized spacial score (nSPS) is 12.3. The molecule has 0 saturated heterocycles. The van der Waals surface area contributed by atoms with Crippen LogP contribution in [-0.4, -0.2) is 53.4 Å². The van der Waals surface area contributed by atoms with Gasteiger partial charge in [-0.3, -0.25) is 4.79 Å². The van der Waals surface area contributed by atoms with Crippen molar-refractivity contribution in [3.8, 4) is 11.6 Å². The summed E-state index contributed by atoms with van der Waals surface area (Å²) in [4.78, 5) is 24.5. The molecule has 0 saturated carbocycles. The highest BCUT2D eigenvalue weighted by atomic mass is 19.1. The summed E-state index contributed by atoms with van der Waals surface area (Å²) in [6.07, 6.45) is 3.16. The lowest BCUT2D eigenvalue weighted by atomic mass is 10.1. The number of hydrogen-bond acceptors (Lipinski definition) is 6. The molecule has 7 nitrogen and oxygen atoms in total. The zero-order valence-electron chi connectivity index (χ0n) is 15.4. The van der Waals surface area contributed by atoms with Gasteiger partial charge < -0.3 is 19.4 Å². The third-order valence-corrected chi connectivity index (χ3v) is 4.02. The third kappa shape index (κ3) is 4.40. The molecular weight excluding hydrogens is 351 g/mol. The van der Waals surface area contributed by atoms with E-state index in [0.29, 0.717) is 40.9 Å². The Balaban J connectivity index is 1.81. The first-order valence-corrected chi connectivity index (χ1v) is 8.51. The maximum atomic E-state index is 13.8. The minimum atomic E-state index is -0.527. The summed E-state index contributed by atoms with van der Waals surface area (Å²) in [5, 5.41) is 0. The van der Waals surface area contributed by atoms with Crippen LogP contribution < -0.4 is 9.47 Å². The molecule has 1 aromatic carbocycles. The van der Waals surface area contributed by atoms with Gasteiger partial charge in [-0.1, -0.05) is 0 Å². The molecule has 0 fully saturated rings. The van der Waals surface area contributed by atoms with Crippen molar-refractivity contribution in [2.45, 2.75) is 13.0 Å². The average Bonchev–Trinajstić information content (AvgIpc) is 3.05. The molecule has 142 valence electrons. The fraction of sp³-hybridized carbons (Fsp3) is 0.316. The number of aromatic nitrogens is 3. The van der Waals surface area contributed by atoms with Crippen molar-refractivity contribution < 1.29 is 18.7 Å². The molecular formula is C19H21FN4O3. The van der Waals surface area contributed by atoms with Crippen LogP contribution in [0.3, 0.4) is 0 Å². The van der Waals surface area contributed by atoms with Gasteiger partial charge in [0.05, 0.1) is 11.8 Å². The predicted molar refractivity (Wildman–Crippen MR) is 98.8 cm³/mol. The molecule has 0 unspecified atom stereocenters. The van der Waals surface area contributed by atoms with E-state index < -0.39 is 6.10 Å². The number of fused-ring (bicyclic) bond motifs is 1. The van der Waals surface area contributed by atoms with Crippen molar-refractivity contribution >= 4 is 17.5 Å². The number of ether oxygens (including phenoxy) is 2. The summed E-state index contributed by atoms with van der Waals surface area (Å²) < 4.78 is 25.4. The van der Waals surface area contributed by atoms with Crippen LogP contribution in [0.4, 0.5) is 4.39 Å². The van der Waals surface area contributed by atoms with E-state index >= 15 is 0 Å². The Morgan fingerprint density at radius 2 is 2.19 bits per heavy atom. The van der Waals surface area contributed by atoms with E-state index in [-0.39, 0.29) is 11.7 Å². The van der Waals surface area contributed by atoms with Crippen molar-refractivity contribution in [3.05, 3.63) is 47.5 Å². The summed E-state index contributed by atoms with van der Waals surface area (Å²) >= 11 is 0. The van der Waals surface area contributed by atoms with Crippen LogP contribution in [0.2, 0.25) is 0 Å². The predicted octanol–water partition coefficient (Wildman–Crippen LogP) is 2.99. The first-order valence-electron chi connectivity index (χ1n) is 8.51. The second kappa shape index (κ2) is 8.13. The topological polar surface area (TPSA) is 80.3 Å². The Morgan fingerprint density at radius 3 is 2.93 bits per heavy atom. The molecule has 0 radical (unpaired) electrons. The Hall–Kier alpha value is -3.00. The molecule has 0 bridgehead atoms. The number of rotatable bonds is 8. The van der Waals surface area contributed by atoms with Crippen LogP contribution >= 0.6 is 0 Å². The lowest BCUT2D eigenvalue weighted by Gasteiger charge is -2.19. The number of nitrogens with zero attached hydrogens (tertiary/aromatic N) is 3. The molecule has 27 heavy (non-hydrogen) atoms. The SMILES string of the molecule is C[C@@H](Oc1cnc2[nH]cc(C=O)c2n1)c1cc(F)ccc1OCCN(C)C. The van der Waals surface area contributed by atoms with Crippen molar-refractivity contribution in [1.29, 1.82) is 0 Å². The number of carbonyl (C=O) groups is 1. The summed E-state index contributed by atoms with van der Waals surface area (Å²) in [6, 6.07) is 4.32. The van der Waals surface area contributed by atoms with E-state index in [1.165, 1.54) is 24.5 Å². The van der Waals surface area contributed by atoms with Gasteiger partial charge in [0, 0.05) is 18.3 Å². The summed E-state index contributed by atoms with van der Waals surface area (Å²) in [5.74, 6) is 0.409. The molecule has 0 spiro atoms. The minimum Gasteiger partial charge on any atom is -0.492 e. The Kier molecular flexibility index (Phi) is 5.66. The number of halogens is 1. The molecule has 0 aliphatic rings. The largest absolute Gasteiger partial charge is 0.492 e. The van der Waals surface area contributed by atoms with Gasteiger partial charge in [-0.05, 0) is 39.2 Å². The molecule has 1 N–H and O–H groups in total. The van der Waals surface area contributed by atoms with Gasteiger partial charge in [0.1, 0.15) is 29.8 Å². The van der Waals surface area contributed by atoms with Crippen molar-refractivity contribution in [2.24, 2.45) is 0 Å². The van der Waals surface area contributed by atoms with Gasteiger partial charge >= 0.3 is 0 Å². The van der Waals surface area contributed by atoms with Gasteiger partial charge in [0.25, 0.3) is 0 Å². The minimum absolute atomic E-state index is 0.237. The van der Waals surface area contributed by atoms with Gasteiger partial charge in [0.15, 0.2) is 11.9 Å². The Bertz CT molecular complexity index is 942. The molecule has 8 heteroatoms. The molecule has 0 aliphatic carbocycles. The van der Waals surface area contributed by atoms with Crippen LogP contribution in [0.5, 0.6) is 11.6 Å². The van der Waals surface area contributed by atoms with Crippen molar-refractivity contribution in [1.82, 2.24) is 19.9 Å². The van der Waals surface area contributed by atoms with Gasteiger partial charge in [-0.25, -0.2) is 14.4 Å². The maximum Gasteiger partial charge on any atom is 0.233 e. The summed E-state index contributed by atoms with van der Waals surface area (Å²) in [6.45, 7) is 2.98. The van der Waals surface area contributed by atoms with Crippen LogP contribution in [-0.2, 0) is 0 Å². The molecule has 2 heterocycles. The first-order chi connectivity index (χ1) is 13.0. The first kappa shape index (κ1) is 18.8. The lowest BCUT2D eigenvalue weighted by Crippen LogP contribution is -2.20. The molecule has 0 aliphatic heterocycles. The lowest BCUT2D eigenvalue weighted by molar-refractivity contribution is 0.112. The fourth-order valence-electron chi connectivity index (χ4n) is 2.59. The second-order valence-corrected chi connectivity index (χ2v) is 6.36. The van der Waals surface area contributed by atoms with Gasteiger partial charge in [-0.15, -0.1) is 0 Å². The van der Waals surface area contributed by atoms with Crippen molar-refractivity contribution in [2.75, 3.05) is 27.2 Å². The zero-order valence-corrected chi connectivity index (χ0v) is 15.4. The van der Waals surface area contributed by atoms with Crippen molar-refractivity contribution in [3.63, 3.8) is 0 Å². The number of carbonyl (C=O) groups excluding carboxylic acids is 1. The third-order valence-electron chi connectivity index (χ3n) is 4.02. The average molecular weight is 372 g/mol. The number of likely N-dealkylation sites (N-methyl/N-ethyl adjacent to an activating group) is 1. The zero-order chi connectivity index (χ0) is 19.4. The standard InChI is InChI=1S/C19H21FN4O3/c1-12(15-8-14(20)4-5-16(15)26-7-6-24(2)3)27-17-10-22-19-18(23-17)13(11-25)9-21-19/h4-5,8-12H,6-7H2,1-3H3,(H,21,22)/t12-/m1/s1. The highest BCUT2D eigenvalue weighted by molar-refractivity contribution is 5.93. The fourth-order valence-corrected chi connectivity index (χ4v) is 2.59. The van der Waals surface area contributed by atoms with E-state index in [9.17, 15) is 9.18 Å². The summed E-state index contributed by atoms with van der Waals surface area (Å²) in [5.41, 5.74) is 1.89. The van der Waals surface area contributed by atoms with Crippen LogP contribution in [0.1, 0.15) is 28.9 Å². The smallest absolute Gasteiger partial charge is 0.233 e. The number of aromatic amines is 1. The van der Waals surface area contributed by atoms with E-state index in [1.807, 2.05) is 19.0 Å². The highest BCUT2D eigenvalue weighted by Gasteiger charge is 2.17. The van der Waals surface area contributed by atoms with E-state index in [4.69, 9.17) is 9.47 Å². The van der Waals surface area contributed by atoms with Gasteiger partial charge in [-0.2, -0.15) is 0 Å². The highest BCUT2D eigenvalue weighted by Crippen LogP contribution is 2.30. The molecule has 0 amide bonds. The number of aldehydes is 1. The van der Waals surface area contributed by atoms with Gasteiger partial charge in [0.2, 0.25) is 5.88 Å². The molecule has 2 aromatic heterocycles. The Labute approximate surface area is 156 Å². The van der Waals surface area contributed by atoms with Crippen LogP contribution in [0, 0.1) is 5.82 Å². The van der Waals surface area contributed by atoms with E-state index in [2.05, 4.69) is 15.0 Å². The number of nitrogens with one attached hydrogen (secondary N) is 1. The van der Waals surface area contributed by atoms with Crippen LogP contribution in [0.25, 0.3) is 11.2 Å². The molecule has 1 atom stereocenters. The monoisotopic (exact) mass is 372 g/mol. The Morgan fingerprint density at radius 1 is 1.37 bits per heavy atom. The molecule has 3 aromatic rings. The summed E-state index contributed by atoms with van der Waals surface area (Å²) in [7, 11) is 3.90. The number of H-pyrrole nitrogens is 1. The second-order valence-electron chi connectivity index (χ2n) is 6.36. The van der Waals surface area contributed by atoms with E-state index in [1.54, 1.807) is 13.0 Å². The van der Waals surface area contributed by atoms with E-state index in [0.717, 1.165) is 6.54 Å². The number of hydrogen-bond donors (Lipinski definition) is 1. The maximum absolute atomic E-state index is 13.8.